The molecule has 0 radical (unpaired) electrons. The van der Waals surface area contributed by atoms with E-state index < -0.39 is 0 Å². The molecule has 0 atom stereocenters. The van der Waals surface area contributed by atoms with E-state index in [2.05, 4.69) is 11.7 Å². The quantitative estimate of drug-likeness (QED) is 0.596. The Balaban J connectivity index is 1.89. The molecule has 0 bridgehead atoms. The molecule has 1 aliphatic rings. The van der Waals surface area contributed by atoms with Crippen molar-refractivity contribution in [3.8, 4) is 0 Å². The average molecular weight is 291 g/mol. The van der Waals surface area contributed by atoms with Gasteiger partial charge in [-0.1, -0.05) is 6.08 Å². The monoisotopic (exact) mass is 291 g/mol. The zero-order valence-corrected chi connectivity index (χ0v) is 13.0. The largest absolute Gasteiger partial charge is 0.377 e. The topological polar surface area (TPSA) is 47.4 Å². The molecule has 2 rings (SSSR count). The number of aryl methyl sites for hydroxylation is 2. The number of nitrogens with zero attached hydrogens (tertiary/aromatic N) is 3. The van der Waals surface area contributed by atoms with Crippen LogP contribution in [0.2, 0.25) is 0 Å². The Morgan fingerprint density at radius 3 is 2.86 bits per heavy atom. The van der Waals surface area contributed by atoms with Crippen molar-refractivity contribution in [2.75, 3.05) is 26.3 Å². The number of piperidine rings is 1. The standard InChI is InChI=1S/C16H25N3O2/c1-4-10-21-12-14-6-8-18(9-7-14)16(20)15-11-13(3)17-19(15)5-2/h4,11,14H,1,5-10,12H2,2-3H3. The van der Waals surface area contributed by atoms with Crippen LogP contribution in [0.5, 0.6) is 0 Å². The normalized spacial score (nSPS) is 16.2. The van der Waals surface area contributed by atoms with Gasteiger partial charge in [0.05, 0.1) is 12.3 Å². The van der Waals surface area contributed by atoms with Gasteiger partial charge in [0.25, 0.3) is 5.91 Å². The van der Waals surface area contributed by atoms with E-state index in [1.165, 1.54) is 0 Å². The van der Waals surface area contributed by atoms with E-state index in [0.717, 1.165) is 44.8 Å². The summed E-state index contributed by atoms with van der Waals surface area (Å²) >= 11 is 0. The minimum absolute atomic E-state index is 0.0999. The molecule has 1 aliphatic heterocycles. The number of likely N-dealkylation sites (tertiary alicyclic amines) is 1. The number of aromatic nitrogens is 2. The summed E-state index contributed by atoms with van der Waals surface area (Å²) in [6, 6.07) is 1.88. The van der Waals surface area contributed by atoms with Crippen molar-refractivity contribution < 1.29 is 9.53 Å². The van der Waals surface area contributed by atoms with E-state index in [1.807, 2.05) is 24.8 Å². The van der Waals surface area contributed by atoms with Gasteiger partial charge in [-0.2, -0.15) is 5.10 Å². The van der Waals surface area contributed by atoms with E-state index in [-0.39, 0.29) is 5.91 Å². The molecule has 0 saturated carbocycles. The Hall–Kier alpha value is -1.62. The molecule has 116 valence electrons. The summed E-state index contributed by atoms with van der Waals surface area (Å²) in [7, 11) is 0. The van der Waals surface area contributed by atoms with Gasteiger partial charge < -0.3 is 9.64 Å². The molecule has 1 aromatic rings. The van der Waals surface area contributed by atoms with E-state index >= 15 is 0 Å². The van der Waals surface area contributed by atoms with Crippen LogP contribution in [0.3, 0.4) is 0 Å². The van der Waals surface area contributed by atoms with Crippen molar-refractivity contribution in [3.63, 3.8) is 0 Å². The molecule has 0 unspecified atom stereocenters. The summed E-state index contributed by atoms with van der Waals surface area (Å²) < 4.78 is 7.30. The van der Waals surface area contributed by atoms with Gasteiger partial charge in [0.2, 0.25) is 0 Å². The molecule has 2 heterocycles. The molecule has 1 fully saturated rings. The summed E-state index contributed by atoms with van der Waals surface area (Å²) in [5.74, 6) is 0.648. The van der Waals surface area contributed by atoms with Crippen molar-refractivity contribution in [1.82, 2.24) is 14.7 Å². The van der Waals surface area contributed by atoms with Gasteiger partial charge in [-0.15, -0.1) is 6.58 Å². The van der Waals surface area contributed by atoms with Crippen LogP contribution in [0.15, 0.2) is 18.7 Å². The fraction of sp³-hybridized carbons (Fsp3) is 0.625. The van der Waals surface area contributed by atoms with Crippen LogP contribution in [0.4, 0.5) is 0 Å². The van der Waals surface area contributed by atoms with Gasteiger partial charge in [-0.3, -0.25) is 9.48 Å². The van der Waals surface area contributed by atoms with E-state index in [0.29, 0.717) is 18.2 Å². The molecule has 0 aliphatic carbocycles. The van der Waals surface area contributed by atoms with E-state index in [4.69, 9.17) is 4.74 Å². The van der Waals surface area contributed by atoms with Crippen LogP contribution >= 0.6 is 0 Å². The first-order chi connectivity index (χ1) is 10.2. The summed E-state index contributed by atoms with van der Waals surface area (Å²) in [5, 5.41) is 4.35. The third kappa shape index (κ3) is 3.94. The highest BCUT2D eigenvalue weighted by molar-refractivity contribution is 5.92. The molecule has 1 amide bonds. The molecule has 5 heteroatoms. The maximum Gasteiger partial charge on any atom is 0.272 e. The summed E-state index contributed by atoms with van der Waals surface area (Å²) in [6.45, 7) is 11.3. The predicted molar refractivity (Wildman–Crippen MR) is 82.3 cm³/mol. The molecular formula is C16H25N3O2. The molecule has 0 spiro atoms. The smallest absolute Gasteiger partial charge is 0.272 e. The molecule has 1 saturated heterocycles. The highest BCUT2D eigenvalue weighted by Crippen LogP contribution is 2.19. The highest BCUT2D eigenvalue weighted by atomic mass is 16.5. The number of carbonyl (C=O) groups excluding carboxylic acids is 1. The second-order valence-electron chi connectivity index (χ2n) is 5.55. The van der Waals surface area contributed by atoms with Crippen LogP contribution in [0, 0.1) is 12.8 Å². The number of rotatable bonds is 6. The van der Waals surface area contributed by atoms with Crippen molar-refractivity contribution in [2.24, 2.45) is 5.92 Å². The first-order valence-corrected chi connectivity index (χ1v) is 7.68. The Kier molecular flexibility index (Phi) is 5.56. The van der Waals surface area contributed by atoms with Gasteiger partial charge in [0.1, 0.15) is 5.69 Å². The highest BCUT2D eigenvalue weighted by Gasteiger charge is 2.25. The third-order valence-electron chi connectivity index (χ3n) is 3.91. The Bertz CT molecular complexity index is 488. The number of ether oxygens (including phenoxy) is 1. The molecule has 1 aromatic heterocycles. The van der Waals surface area contributed by atoms with Crippen LogP contribution < -0.4 is 0 Å². The van der Waals surface area contributed by atoms with Crippen molar-refractivity contribution in [2.45, 2.75) is 33.2 Å². The van der Waals surface area contributed by atoms with E-state index in [9.17, 15) is 4.79 Å². The van der Waals surface area contributed by atoms with Crippen LogP contribution in [0.25, 0.3) is 0 Å². The number of hydrogen-bond donors (Lipinski definition) is 0. The minimum atomic E-state index is 0.0999. The fourth-order valence-electron chi connectivity index (χ4n) is 2.74. The third-order valence-corrected chi connectivity index (χ3v) is 3.91. The molecule has 21 heavy (non-hydrogen) atoms. The second-order valence-corrected chi connectivity index (χ2v) is 5.55. The van der Waals surface area contributed by atoms with Crippen LogP contribution in [-0.2, 0) is 11.3 Å². The van der Waals surface area contributed by atoms with Crippen molar-refractivity contribution >= 4 is 5.91 Å². The second kappa shape index (κ2) is 7.41. The lowest BCUT2D eigenvalue weighted by Gasteiger charge is -2.31. The Morgan fingerprint density at radius 2 is 2.24 bits per heavy atom. The van der Waals surface area contributed by atoms with Crippen molar-refractivity contribution in [1.29, 1.82) is 0 Å². The number of carbonyl (C=O) groups is 1. The summed E-state index contributed by atoms with van der Waals surface area (Å²) in [5.41, 5.74) is 1.60. The first kappa shape index (κ1) is 15.8. The summed E-state index contributed by atoms with van der Waals surface area (Å²) in [6.07, 6.45) is 3.77. The van der Waals surface area contributed by atoms with Crippen molar-refractivity contribution in [3.05, 3.63) is 30.1 Å². The Labute approximate surface area is 126 Å². The molecule has 0 N–H and O–H groups in total. The maximum atomic E-state index is 12.6. The van der Waals surface area contributed by atoms with Gasteiger partial charge in [0, 0.05) is 26.2 Å². The zero-order valence-electron chi connectivity index (χ0n) is 13.0. The van der Waals surface area contributed by atoms with E-state index in [1.54, 1.807) is 10.8 Å². The van der Waals surface area contributed by atoms with Gasteiger partial charge in [-0.25, -0.2) is 0 Å². The molecule has 0 aromatic carbocycles. The first-order valence-electron chi connectivity index (χ1n) is 7.68. The molecular weight excluding hydrogens is 266 g/mol. The zero-order chi connectivity index (χ0) is 15.2. The Morgan fingerprint density at radius 1 is 1.52 bits per heavy atom. The SMILES string of the molecule is C=CCOCC1CCN(C(=O)c2cc(C)nn2CC)CC1. The number of hydrogen-bond acceptors (Lipinski definition) is 3. The average Bonchev–Trinajstić information content (AvgIpc) is 2.88. The van der Waals surface area contributed by atoms with Crippen LogP contribution in [-0.4, -0.2) is 46.9 Å². The fourth-order valence-corrected chi connectivity index (χ4v) is 2.74. The lowest BCUT2D eigenvalue weighted by molar-refractivity contribution is 0.0566. The molecule has 5 nitrogen and oxygen atoms in total. The minimum Gasteiger partial charge on any atom is -0.377 e. The maximum absolute atomic E-state index is 12.6. The number of amides is 1. The van der Waals surface area contributed by atoms with Gasteiger partial charge >= 0.3 is 0 Å². The lowest BCUT2D eigenvalue weighted by atomic mass is 9.97. The predicted octanol–water partition coefficient (Wildman–Crippen LogP) is 2.27. The lowest BCUT2D eigenvalue weighted by Crippen LogP contribution is -2.40. The van der Waals surface area contributed by atoms with Gasteiger partial charge in [-0.05, 0) is 38.7 Å². The van der Waals surface area contributed by atoms with Crippen LogP contribution in [0.1, 0.15) is 35.9 Å². The summed E-state index contributed by atoms with van der Waals surface area (Å²) in [4.78, 5) is 14.5. The van der Waals surface area contributed by atoms with Gasteiger partial charge in [0.15, 0.2) is 0 Å².